The molecule has 1 amide bonds. The van der Waals surface area contributed by atoms with Crippen LogP contribution in [0.5, 0.6) is 11.5 Å². The van der Waals surface area contributed by atoms with Gasteiger partial charge in [0.25, 0.3) is 5.91 Å². The monoisotopic (exact) mass is 318 g/mol. The number of H-pyrrole nitrogens is 1. The number of imidazole rings is 1. The number of hydrogen-bond acceptors (Lipinski definition) is 5. The highest BCUT2D eigenvalue weighted by molar-refractivity contribution is 5.97. The largest absolute Gasteiger partial charge is 0.493 e. The lowest BCUT2D eigenvalue weighted by Crippen LogP contribution is -2.24. The van der Waals surface area contributed by atoms with Crippen molar-refractivity contribution in [1.29, 1.82) is 0 Å². The summed E-state index contributed by atoms with van der Waals surface area (Å²) in [5.74, 6) is 1.39. The van der Waals surface area contributed by atoms with Crippen LogP contribution in [0.25, 0.3) is 0 Å². The van der Waals surface area contributed by atoms with Gasteiger partial charge in [-0.15, -0.1) is 0 Å². The van der Waals surface area contributed by atoms with Crippen molar-refractivity contribution in [3.05, 3.63) is 41.5 Å². The molecule has 7 nitrogen and oxygen atoms in total. The Morgan fingerprint density at radius 2 is 2.26 bits per heavy atom. The highest BCUT2D eigenvalue weighted by Crippen LogP contribution is 2.31. The normalized spacial score (nSPS) is 10.4. The van der Waals surface area contributed by atoms with Crippen molar-refractivity contribution >= 4 is 5.91 Å². The fourth-order valence-corrected chi connectivity index (χ4v) is 2.08. The first-order chi connectivity index (χ1) is 11.2. The van der Waals surface area contributed by atoms with E-state index in [4.69, 9.17) is 15.2 Å². The summed E-state index contributed by atoms with van der Waals surface area (Å²) in [5.41, 5.74) is 6.84. The lowest BCUT2D eigenvalue weighted by atomic mass is 10.1. The van der Waals surface area contributed by atoms with Crippen LogP contribution in [-0.4, -0.2) is 36.1 Å². The molecule has 1 aromatic carbocycles. The number of para-hydroxylation sites is 1. The highest BCUT2D eigenvalue weighted by Gasteiger charge is 2.17. The SMILES string of the molecule is COc1cccc(C(=O)NCc2ncc(C)[nH]2)c1OCCCN. The molecule has 0 spiro atoms. The van der Waals surface area contributed by atoms with E-state index >= 15 is 0 Å². The Kier molecular flexibility index (Phi) is 5.99. The maximum atomic E-state index is 12.4. The topological polar surface area (TPSA) is 102 Å². The zero-order valence-corrected chi connectivity index (χ0v) is 13.4. The molecule has 7 heteroatoms. The third kappa shape index (κ3) is 4.46. The second kappa shape index (κ2) is 8.19. The van der Waals surface area contributed by atoms with Crippen molar-refractivity contribution < 1.29 is 14.3 Å². The number of nitrogens with zero attached hydrogens (tertiary/aromatic N) is 1. The van der Waals surface area contributed by atoms with E-state index in [2.05, 4.69) is 15.3 Å². The first-order valence-electron chi connectivity index (χ1n) is 7.44. The third-order valence-corrected chi connectivity index (χ3v) is 3.21. The summed E-state index contributed by atoms with van der Waals surface area (Å²) in [6.45, 7) is 3.17. The standard InChI is InChI=1S/C16H22N4O3/c1-11-9-18-14(20-11)10-19-16(21)12-5-3-6-13(22-2)15(12)23-8-4-7-17/h3,5-6,9H,4,7-8,10,17H2,1-2H3,(H,18,20)(H,19,21). The van der Waals surface area contributed by atoms with E-state index in [1.54, 1.807) is 31.5 Å². The number of nitrogens with one attached hydrogen (secondary N) is 2. The maximum absolute atomic E-state index is 12.4. The summed E-state index contributed by atoms with van der Waals surface area (Å²) >= 11 is 0. The summed E-state index contributed by atoms with van der Waals surface area (Å²) < 4.78 is 11.0. The van der Waals surface area contributed by atoms with Crippen LogP contribution in [0.1, 0.15) is 28.3 Å². The minimum Gasteiger partial charge on any atom is -0.493 e. The number of aryl methyl sites for hydroxylation is 1. The predicted octanol–water partition coefficient (Wildman–Crippen LogP) is 1.38. The number of methoxy groups -OCH3 is 1. The number of nitrogens with two attached hydrogens (primary N) is 1. The summed E-state index contributed by atoms with van der Waals surface area (Å²) in [4.78, 5) is 19.7. The molecule has 0 aliphatic carbocycles. The van der Waals surface area contributed by atoms with Crippen LogP contribution in [0.2, 0.25) is 0 Å². The van der Waals surface area contributed by atoms with Gasteiger partial charge in [0.2, 0.25) is 0 Å². The molecule has 23 heavy (non-hydrogen) atoms. The molecule has 0 aliphatic rings. The summed E-state index contributed by atoms with van der Waals surface area (Å²) in [6.07, 6.45) is 2.42. The van der Waals surface area contributed by atoms with Crippen molar-refractivity contribution in [2.75, 3.05) is 20.3 Å². The number of ether oxygens (including phenoxy) is 2. The van der Waals surface area contributed by atoms with Crippen LogP contribution in [-0.2, 0) is 6.54 Å². The van der Waals surface area contributed by atoms with E-state index in [9.17, 15) is 4.79 Å². The Morgan fingerprint density at radius 1 is 1.43 bits per heavy atom. The average molecular weight is 318 g/mol. The van der Waals surface area contributed by atoms with Gasteiger partial charge in [-0.25, -0.2) is 4.98 Å². The number of carbonyl (C=O) groups is 1. The van der Waals surface area contributed by atoms with Crippen LogP contribution in [0.3, 0.4) is 0 Å². The van der Waals surface area contributed by atoms with E-state index in [0.29, 0.717) is 49.0 Å². The molecule has 1 heterocycles. The van der Waals surface area contributed by atoms with Crippen LogP contribution < -0.4 is 20.5 Å². The van der Waals surface area contributed by atoms with Crippen LogP contribution in [0.4, 0.5) is 0 Å². The Morgan fingerprint density at radius 3 is 2.91 bits per heavy atom. The van der Waals surface area contributed by atoms with Crippen LogP contribution >= 0.6 is 0 Å². The second-order valence-corrected chi connectivity index (χ2v) is 5.02. The molecule has 0 fully saturated rings. The van der Waals surface area contributed by atoms with E-state index < -0.39 is 0 Å². The zero-order chi connectivity index (χ0) is 16.7. The first-order valence-corrected chi connectivity index (χ1v) is 7.44. The molecule has 0 unspecified atom stereocenters. The van der Waals surface area contributed by atoms with Crippen molar-refractivity contribution in [3.8, 4) is 11.5 Å². The molecule has 0 aliphatic heterocycles. The van der Waals surface area contributed by atoms with Gasteiger partial charge in [-0.1, -0.05) is 6.07 Å². The molecule has 0 atom stereocenters. The smallest absolute Gasteiger partial charge is 0.255 e. The van der Waals surface area contributed by atoms with Crippen LogP contribution in [0, 0.1) is 6.92 Å². The Bertz CT molecular complexity index is 655. The third-order valence-electron chi connectivity index (χ3n) is 3.21. The minimum absolute atomic E-state index is 0.249. The van der Waals surface area contributed by atoms with Gasteiger partial charge in [-0.2, -0.15) is 0 Å². The van der Waals surface area contributed by atoms with Crippen molar-refractivity contribution in [2.24, 2.45) is 5.73 Å². The molecule has 2 rings (SSSR count). The van der Waals surface area contributed by atoms with Gasteiger partial charge in [0.05, 0.1) is 25.8 Å². The van der Waals surface area contributed by atoms with Crippen molar-refractivity contribution in [2.45, 2.75) is 19.9 Å². The molecule has 124 valence electrons. The molecule has 0 radical (unpaired) electrons. The predicted molar refractivity (Wildman–Crippen MR) is 86.7 cm³/mol. The lowest BCUT2D eigenvalue weighted by Gasteiger charge is -2.14. The van der Waals surface area contributed by atoms with Gasteiger partial charge in [0.1, 0.15) is 5.82 Å². The maximum Gasteiger partial charge on any atom is 0.255 e. The Hall–Kier alpha value is -2.54. The van der Waals surface area contributed by atoms with E-state index in [-0.39, 0.29) is 5.91 Å². The molecule has 0 bridgehead atoms. The van der Waals surface area contributed by atoms with Crippen LogP contribution in [0.15, 0.2) is 24.4 Å². The summed E-state index contributed by atoms with van der Waals surface area (Å²) in [7, 11) is 1.54. The van der Waals surface area contributed by atoms with Gasteiger partial charge in [0.15, 0.2) is 11.5 Å². The van der Waals surface area contributed by atoms with Gasteiger partial charge in [-0.05, 0) is 32.0 Å². The second-order valence-electron chi connectivity index (χ2n) is 5.02. The number of aromatic amines is 1. The van der Waals surface area contributed by atoms with Gasteiger partial charge in [0, 0.05) is 11.9 Å². The lowest BCUT2D eigenvalue weighted by molar-refractivity contribution is 0.0945. The molecule has 1 aromatic heterocycles. The first kappa shape index (κ1) is 16.8. The number of benzene rings is 1. The fourth-order valence-electron chi connectivity index (χ4n) is 2.08. The number of carbonyl (C=O) groups excluding carboxylic acids is 1. The van der Waals surface area contributed by atoms with Gasteiger partial charge < -0.3 is 25.5 Å². The molecule has 4 N–H and O–H groups in total. The number of hydrogen-bond donors (Lipinski definition) is 3. The molecule has 0 saturated heterocycles. The van der Waals surface area contributed by atoms with Crippen molar-refractivity contribution in [1.82, 2.24) is 15.3 Å². The molecular weight excluding hydrogens is 296 g/mol. The van der Waals surface area contributed by atoms with Gasteiger partial charge in [-0.3, -0.25) is 4.79 Å². The Balaban J connectivity index is 2.11. The van der Waals surface area contributed by atoms with Gasteiger partial charge >= 0.3 is 0 Å². The molecule has 2 aromatic rings. The summed E-state index contributed by atoms with van der Waals surface area (Å²) in [5, 5.41) is 2.82. The number of rotatable bonds is 8. The highest BCUT2D eigenvalue weighted by atomic mass is 16.5. The van der Waals surface area contributed by atoms with Crippen molar-refractivity contribution in [3.63, 3.8) is 0 Å². The average Bonchev–Trinajstić information content (AvgIpc) is 2.98. The number of aromatic nitrogens is 2. The minimum atomic E-state index is -0.249. The molecule has 0 saturated carbocycles. The Labute approximate surface area is 135 Å². The van der Waals surface area contributed by atoms with E-state index in [0.717, 1.165) is 5.69 Å². The quantitative estimate of drug-likeness (QED) is 0.638. The molecular formula is C16H22N4O3. The summed E-state index contributed by atoms with van der Waals surface area (Å²) in [6, 6.07) is 5.20. The fraction of sp³-hybridized carbons (Fsp3) is 0.375. The zero-order valence-electron chi connectivity index (χ0n) is 13.4. The van der Waals surface area contributed by atoms with E-state index in [1.165, 1.54) is 0 Å². The number of amides is 1. The van der Waals surface area contributed by atoms with E-state index in [1.807, 2.05) is 6.92 Å².